The van der Waals surface area contributed by atoms with Crippen molar-refractivity contribution in [2.45, 2.75) is 26.4 Å². The molecule has 0 aromatic rings. The fourth-order valence-electron chi connectivity index (χ4n) is 0.837. The van der Waals surface area contributed by atoms with Gasteiger partial charge in [0.1, 0.15) is 0 Å². The maximum atomic E-state index is 10.3. The Hall–Kier alpha value is -0.650. The molecule has 0 fully saturated rings. The van der Waals surface area contributed by atoms with Gasteiger partial charge in [-0.15, -0.1) is 0 Å². The third-order valence-electron chi connectivity index (χ3n) is 1.54. The summed E-state index contributed by atoms with van der Waals surface area (Å²) in [6, 6.07) is 0. The molecule has 2 N–H and O–H groups in total. The van der Waals surface area contributed by atoms with Crippen LogP contribution in [0.3, 0.4) is 0 Å². The highest BCUT2D eigenvalue weighted by Gasteiger charge is 1.95. The summed E-state index contributed by atoms with van der Waals surface area (Å²) in [7, 11) is 0. The highest BCUT2D eigenvalue weighted by Crippen LogP contribution is 1.87. The van der Waals surface area contributed by atoms with Crippen LogP contribution >= 0.6 is 0 Å². The van der Waals surface area contributed by atoms with Crippen LogP contribution in [0, 0.1) is 0 Å². The standard InChI is InChI=1S/C10H21NO4/c1-9(2)15-8-7-14-6-5-13-4-3-10(11)12/h9H,3-8H2,1-2H3,(H2,11,12). The molecule has 1 amide bonds. The van der Waals surface area contributed by atoms with Gasteiger partial charge in [0.2, 0.25) is 5.91 Å². The largest absolute Gasteiger partial charge is 0.379 e. The molecule has 0 aliphatic heterocycles. The maximum Gasteiger partial charge on any atom is 0.219 e. The summed E-state index contributed by atoms with van der Waals surface area (Å²) in [5, 5.41) is 0. The van der Waals surface area contributed by atoms with E-state index in [4.69, 9.17) is 19.9 Å². The smallest absolute Gasteiger partial charge is 0.219 e. The van der Waals surface area contributed by atoms with E-state index in [2.05, 4.69) is 0 Å². The molecule has 5 heteroatoms. The average molecular weight is 219 g/mol. The first-order valence-corrected chi connectivity index (χ1v) is 5.18. The van der Waals surface area contributed by atoms with E-state index >= 15 is 0 Å². The Kier molecular flexibility index (Phi) is 9.46. The van der Waals surface area contributed by atoms with Gasteiger partial charge in [0.05, 0.1) is 39.1 Å². The Morgan fingerprint density at radius 2 is 1.60 bits per heavy atom. The number of primary amides is 1. The second kappa shape index (κ2) is 9.89. The van der Waals surface area contributed by atoms with Crippen LogP contribution in [0.15, 0.2) is 0 Å². The summed E-state index contributed by atoms with van der Waals surface area (Å²) < 4.78 is 15.6. The maximum absolute atomic E-state index is 10.3. The van der Waals surface area contributed by atoms with E-state index in [0.717, 1.165) is 0 Å². The van der Waals surface area contributed by atoms with Gasteiger partial charge >= 0.3 is 0 Å². The molecule has 0 unspecified atom stereocenters. The molecular weight excluding hydrogens is 198 g/mol. The van der Waals surface area contributed by atoms with E-state index in [-0.39, 0.29) is 18.4 Å². The molecular formula is C10H21NO4. The number of carbonyl (C=O) groups excluding carboxylic acids is 1. The molecule has 0 aliphatic carbocycles. The number of nitrogens with two attached hydrogens (primary N) is 1. The van der Waals surface area contributed by atoms with E-state index in [1.165, 1.54) is 0 Å². The molecule has 0 saturated heterocycles. The van der Waals surface area contributed by atoms with E-state index in [1.54, 1.807) is 0 Å². The van der Waals surface area contributed by atoms with Crippen molar-refractivity contribution >= 4 is 5.91 Å². The Labute approximate surface area is 90.9 Å². The Bertz CT molecular complexity index is 162. The Morgan fingerprint density at radius 1 is 1.07 bits per heavy atom. The van der Waals surface area contributed by atoms with Crippen LogP contribution in [0.1, 0.15) is 20.3 Å². The molecule has 0 spiro atoms. The van der Waals surface area contributed by atoms with E-state index in [9.17, 15) is 4.79 Å². The average Bonchev–Trinajstić information content (AvgIpc) is 2.14. The van der Waals surface area contributed by atoms with Crippen molar-refractivity contribution in [3.05, 3.63) is 0 Å². The van der Waals surface area contributed by atoms with Crippen LogP contribution in [0.5, 0.6) is 0 Å². The minimum absolute atomic E-state index is 0.236. The molecule has 0 atom stereocenters. The molecule has 0 radical (unpaired) electrons. The van der Waals surface area contributed by atoms with Gasteiger partial charge in [-0.2, -0.15) is 0 Å². The second-order valence-electron chi connectivity index (χ2n) is 3.36. The fourth-order valence-corrected chi connectivity index (χ4v) is 0.837. The highest BCUT2D eigenvalue weighted by molar-refractivity contribution is 5.73. The molecule has 15 heavy (non-hydrogen) atoms. The number of hydrogen-bond donors (Lipinski definition) is 1. The first-order chi connectivity index (χ1) is 7.13. The molecule has 0 bridgehead atoms. The van der Waals surface area contributed by atoms with Crippen LogP contribution in [0.4, 0.5) is 0 Å². The van der Waals surface area contributed by atoms with Gasteiger partial charge in [-0.3, -0.25) is 4.79 Å². The monoisotopic (exact) mass is 219 g/mol. The molecule has 0 heterocycles. The van der Waals surface area contributed by atoms with Gasteiger partial charge < -0.3 is 19.9 Å². The molecule has 90 valence electrons. The van der Waals surface area contributed by atoms with Gasteiger partial charge in [-0.25, -0.2) is 0 Å². The van der Waals surface area contributed by atoms with Crippen molar-refractivity contribution in [3.8, 4) is 0 Å². The SMILES string of the molecule is CC(C)OCCOCCOCCC(N)=O. The lowest BCUT2D eigenvalue weighted by Gasteiger charge is -2.08. The number of amides is 1. The van der Waals surface area contributed by atoms with Crippen molar-refractivity contribution in [3.63, 3.8) is 0 Å². The Morgan fingerprint density at radius 3 is 2.13 bits per heavy atom. The molecule has 0 aliphatic rings. The normalized spacial score (nSPS) is 10.9. The molecule has 0 rings (SSSR count). The lowest BCUT2D eigenvalue weighted by molar-refractivity contribution is -0.119. The first-order valence-electron chi connectivity index (χ1n) is 5.18. The molecule has 0 saturated carbocycles. The lowest BCUT2D eigenvalue weighted by atomic mass is 10.4. The fraction of sp³-hybridized carbons (Fsp3) is 0.900. The minimum atomic E-state index is -0.346. The minimum Gasteiger partial charge on any atom is -0.379 e. The summed E-state index contributed by atoms with van der Waals surface area (Å²) in [5.74, 6) is -0.346. The summed E-state index contributed by atoms with van der Waals surface area (Å²) in [6.07, 6.45) is 0.497. The zero-order valence-electron chi connectivity index (χ0n) is 9.53. The molecule has 5 nitrogen and oxygen atoms in total. The molecule has 0 aromatic carbocycles. The van der Waals surface area contributed by atoms with Gasteiger partial charge in [0.15, 0.2) is 0 Å². The number of ether oxygens (including phenoxy) is 3. The van der Waals surface area contributed by atoms with E-state index < -0.39 is 0 Å². The Balaban J connectivity index is 2.96. The van der Waals surface area contributed by atoms with Crippen LogP contribution in [-0.4, -0.2) is 45.0 Å². The van der Waals surface area contributed by atoms with E-state index in [1.807, 2.05) is 13.8 Å². The number of carbonyl (C=O) groups is 1. The van der Waals surface area contributed by atoms with Crippen LogP contribution in [-0.2, 0) is 19.0 Å². The van der Waals surface area contributed by atoms with Crippen molar-refractivity contribution in [2.75, 3.05) is 33.0 Å². The first kappa shape index (κ1) is 14.3. The lowest BCUT2D eigenvalue weighted by Crippen LogP contribution is -2.15. The second-order valence-corrected chi connectivity index (χ2v) is 3.36. The zero-order valence-corrected chi connectivity index (χ0v) is 9.53. The highest BCUT2D eigenvalue weighted by atomic mass is 16.5. The third kappa shape index (κ3) is 13.3. The predicted molar refractivity (Wildman–Crippen MR) is 56.5 cm³/mol. The summed E-state index contributed by atoms with van der Waals surface area (Å²) >= 11 is 0. The van der Waals surface area contributed by atoms with Gasteiger partial charge in [0, 0.05) is 6.42 Å². The summed E-state index contributed by atoms with van der Waals surface area (Å²) in [6.45, 7) is 6.48. The van der Waals surface area contributed by atoms with Crippen molar-refractivity contribution in [1.29, 1.82) is 0 Å². The van der Waals surface area contributed by atoms with E-state index in [0.29, 0.717) is 33.0 Å². The summed E-state index contributed by atoms with van der Waals surface area (Å²) in [4.78, 5) is 10.3. The van der Waals surface area contributed by atoms with Crippen molar-refractivity contribution in [1.82, 2.24) is 0 Å². The molecule has 0 aromatic heterocycles. The van der Waals surface area contributed by atoms with Gasteiger partial charge in [-0.05, 0) is 13.8 Å². The third-order valence-corrected chi connectivity index (χ3v) is 1.54. The number of hydrogen-bond acceptors (Lipinski definition) is 4. The van der Waals surface area contributed by atoms with Crippen molar-refractivity contribution in [2.24, 2.45) is 5.73 Å². The number of rotatable bonds is 10. The van der Waals surface area contributed by atoms with Gasteiger partial charge in [0.25, 0.3) is 0 Å². The van der Waals surface area contributed by atoms with Crippen LogP contribution in [0.2, 0.25) is 0 Å². The van der Waals surface area contributed by atoms with Crippen LogP contribution < -0.4 is 5.73 Å². The van der Waals surface area contributed by atoms with Gasteiger partial charge in [-0.1, -0.05) is 0 Å². The quantitative estimate of drug-likeness (QED) is 0.537. The van der Waals surface area contributed by atoms with Crippen molar-refractivity contribution < 1.29 is 19.0 Å². The predicted octanol–water partition coefficient (Wildman–Crippen LogP) is 0.320. The topological polar surface area (TPSA) is 70.8 Å². The zero-order chi connectivity index (χ0) is 11.5. The van der Waals surface area contributed by atoms with Crippen LogP contribution in [0.25, 0.3) is 0 Å². The summed E-state index contributed by atoms with van der Waals surface area (Å²) in [5.41, 5.74) is 4.93.